The number of hydrogen-bond donors (Lipinski definition) is 4. The van der Waals surface area contributed by atoms with Gasteiger partial charge in [-0.1, -0.05) is 42.5 Å². The third kappa shape index (κ3) is 6.03. The molecule has 4 N–H and O–H groups in total. The molecule has 9 nitrogen and oxygen atoms in total. The van der Waals surface area contributed by atoms with E-state index in [0.29, 0.717) is 11.3 Å². The molecule has 0 aliphatic heterocycles. The molecular weight excluding hydrogens is 440 g/mol. The first kappa shape index (κ1) is 24.6. The molecule has 0 saturated heterocycles. The van der Waals surface area contributed by atoms with E-state index in [1.807, 2.05) is 36.4 Å². The lowest BCUT2D eigenvalue weighted by Crippen LogP contribution is -2.28. The highest BCUT2D eigenvalue weighted by Gasteiger charge is 2.27. The number of phenols is 1. The van der Waals surface area contributed by atoms with Gasteiger partial charge in [0.05, 0.1) is 12.8 Å². The van der Waals surface area contributed by atoms with Gasteiger partial charge >= 0.3 is 6.09 Å². The average molecular weight is 466 g/mol. The standard InChI is InChI=1S/C25H26N2O7/c1-3-33-22(13-14-23(29)27-31)24(17-11-12-21(32-2)20(28)15-17)34-25(30)26-19-10-6-8-16-7-4-5-9-18(16)19/h4-15,22,24,28,31H,3H2,1-2H3,(H,26,30)(H,27,29)/b14-13+/t22-,24-/m0/s1. The van der Waals surface area contributed by atoms with E-state index < -0.39 is 24.2 Å². The van der Waals surface area contributed by atoms with Gasteiger partial charge in [0.25, 0.3) is 5.91 Å². The Morgan fingerprint density at radius 2 is 1.85 bits per heavy atom. The molecule has 0 radical (unpaired) electrons. The predicted octanol–water partition coefficient (Wildman–Crippen LogP) is 4.31. The van der Waals surface area contributed by atoms with Crippen LogP contribution >= 0.6 is 0 Å². The number of carbonyl (C=O) groups excluding carboxylic acids is 2. The van der Waals surface area contributed by atoms with Crippen LogP contribution in [0.5, 0.6) is 11.5 Å². The topological polar surface area (TPSA) is 126 Å². The molecule has 0 spiro atoms. The smallest absolute Gasteiger partial charge is 0.412 e. The van der Waals surface area contributed by atoms with Crippen LogP contribution in [0.3, 0.4) is 0 Å². The normalized spacial score (nSPS) is 12.8. The van der Waals surface area contributed by atoms with E-state index in [1.54, 1.807) is 19.1 Å². The summed E-state index contributed by atoms with van der Waals surface area (Å²) in [5.74, 6) is -0.692. The number of rotatable bonds is 9. The number of nitrogens with one attached hydrogen (secondary N) is 2. The molecule has 0 aliphatic carbocycles. The lowest BCUT2D eigenvalue weighted by atomic mass is 10.0. The molecule has 3 aromatic carbocycles. The highest BCUT2D eigenvalue weighted by atomic mass is 16.6. The van der Waals surface area contributed by atoms with Gasteiger partial charge in [-0.25, -0.2) is 10.3 Å². The monoisotopic (exact) mass is 466 g/mol. The second kappa shape index (κ2) is 11.7. The molecule has 3 aromatic rings. The molecule has 2 amide bonds. The van der Waals surface area contributed by atoms with Crippen LogP contribution in [0.1, 0.15) is 18.6 Å². The number of phenolic OH excluding ortho intramolecular Hbond substituents is 1. The lowest BCUT2D eigenvalue weighted by molar-refractivity contribution is -0.124. The predicted molar refractivity (Wildman–Crippen MR) is 126 cm³/mol. The van der Waals surface area contributed by atoms with Crippen LogP contribution in [0.15, 0.2) is 72.8 Å². The second-order valence-electron chi connectivity index (χ2n) is 7.16. The molecule has 0 fully saturated rings. The maximum absolute atomic E-state index is 12.9. The number of ether oxygens (including phenoxy) is 3. The third-order valence-electron chi connectivity index (χ3n) is 5.00. The molecule has 0 saturated carbocycles. The fourth-order valence-corrected chi connectivity index (χ4v) is 3.45. The van der Waals surface area contributed by atoms with Crippen molar-refractivity contribution in [1.82, 2.24) is 5.48 Å². The summed E-state index contributed by atoms with van der Waals surface area (Å²) >= 11 is 0. The van der Waals surface area contributed by atoms with Gasteiger partial charge in [0.1, 0.15) is 6.10 Å². The van der Waals surface area contributed by atoms with E-state index in [4.69, 9.17) is 19.4 Å². The molecular formula is C25H26N2O7. The zero-order chi connectivity index (χ0) is 24.5. The minimum Gasteiger partial charge on any atom is -0.504 e. The zero-order valence-corrected chi connectivity index (χ0v) is 18.7. The first-order chi connectivity index (χ1) is 16.5. The van der Waals surface area contributed by atoms with E-state index in [2.05, 4.69) is 5.32 Å². The number of hydroxylamine groups is 1. The Kier molecular flexibility index (Phi) is 8.44. The average Bonchev–Trinajstić information content (AvgIpc) is 2.85. The number of hydrogen-bond acceptors (Lipinski definition) is 7. The van der Waals surface area contributed by atoms with E-state index in [1.165, 1.54) is 30.8 Å². The number of benzene rings is 3. The van der Waals surface area contributed by atoms with E-state index in [0.717, 1.165) is 16.8 Å². The van der Waals surface area contributed by atoms with Gasteiger partial charge in [-0.05, 0) is 42.1 Å². The van der Waals surface area contributed by atoms with Crippen LogP contribution < -0.4 is 15.5 Å². The number of anilines is 1. The summed E-state index contributed by atoms with van der Waals surface area (Å²) in [6.45, 7) is 1.98. The summed E-state index contributed by atoms with van der Waals surface area (Å²) in [5, 5.41) is 23.6. The minimum absolute atomic E-state index is 0.157. The molecule has 178 valence electrons. The number of aromatic hydroxyl groups is 1. The quantitative estimate of drug-likeness (QED) is 0.210. The maximum atomic E-state index is 12.9. The molecule has 3 rings (SSSR count). The van der Waals surface area contributed by atoms with Crippen LogP contribution in [0.25, 0.3) is 10.8 Å². The van der Waals surface area contributed by atoms with Crippen molar-refractivity contribution in [2.45, 2.75) is 19.1 Å². The van der Waals surface area contributed by atoms with Gasteiger partial charge in [0.15, 0.2) is 17.6 Å². The summed E-state index contributed by atoms with van der Waals surface area (Å²) in [5.41, 5.74) is 2.46. The molecule has 0 aromatic heterocycles. The number of methoxy groups -OCH3 is 1. The maximum Gasteiger partial charge on any atom is 0.412 e. The minimum atomic E-state index is -1.05. The SMILES string of the molecule is CCO[C@@H](/C=C/C(=O)NO)[C@@H](OC(=O)Nc1cccc2ccccc12)c1ccc(OC)c(O)c1. The van der Waals surface area contributed by atoms with Gasteiger partial charge in [-0.2, -0.15) is 0 Å². The van der Waals surface area contributed by atoms with Crippen LogP contribution in [0.2, 0.25) is 0 Å². The number of amides is 2. The Bertz CT molecular complexity index is 1170. The first-order valence-electron chi connectivity index (χ1n) is 10.5. The second-order valence-corrected chi connectivity index (χ2v) is 7.16. The van der Waals surface area contributed by atoms with Crippen molar-refractivity contribution in [1.29, 1.82) is 0 Å². The lowest BCUT2D eigenvalue weighted by Gasteiger charge is -2.26. The molecule has 2 atom stereocenters. The van der Waals surface area contributed by atoms with Crippen molar-refractivity contribution in [2.75, 3.05) is 19.0 Å². The summed E-state index contributed by atoms with van der Waals surface area (Å²) in [4.78, 5) is 24.5. The van der Waals surface area contributed by atoms with Crippen molar-refractivity contribution < 1.29 is 34.1 Å². The van der Waals surface area contributed by atoms with Crippen molar-refractivity contribution >= 4 is 28.5 Å². The van der Waals surface area contributed by atoms with E-state index in [-0.39, 0.29) is 18.1 Å². The highest BCUT2D eigenvalue weighted by molar-refractivity contribution is 6.00. The Morgan fingerprint density at radius 1 is 1.09 bits per heavy atom. The van der Waals surface area contributed by atoms with Crippen molar-refractivity contribution in [3.05, 3.63) is 78.4 Å². The van der Waals surface area contributed by atoms with Crippen LogP contribution in [-0.4, -0.2) is 42.1 Å². The molecule has 9 heteroatoms. The fourth-order valence-electron chi connectivity index (χ4n) is 3.45. The molecule has 0 aliphatic rings. The number of fused-ring (bicyclic) bond motifs is 1. The van der Waals surface area contributed by atoms with Crippen LogP contribution in [0, 0.1) is 0 Å². The Balaban J connectivity index is 1.93. The molecule has 0 heterocycles. The third-order valence-corrected chi connectivity index (χ3v) is 5.00. The van der Waals surface area contributed by atoms with E-state index in [9.17, 15) is 14.7 Å². The molecule has 0 unspecified atom stereocenters. The highest BCUT2D eigenvalue weighted by Crippen LogP contribution is 2.33. The van der Waals surface area contributed by atoms with E-state index >= 15 is 0 Å². The van der Waals surface area contributed by atoms with Gasteiger partial charge in [0.2, 0.25) is 0 Å². The van der Waals surface area contributed by atoms with Gasteiger partial charge in [-0.15, -0.1) is 0 Å². The Morgan fingerprint density at radius 3 is 2.56 bits per heavy atom. The van der Waals surface area contributed by atoms with Crippen LogP contribution in [-0.2, 0) is 14.3 Å². The van der Waals surface area contributed by atoms with Crippen molar-refractivity contribution in [3.63, 3.8) is 0 Å². The van der Waals surface area contributed by atoms with Gasteiger partial charge in [-0.3, -0.25) is 15.3 Å². The Hall–Kier alpha value is -4.08. The molecule has 0 bridgehead atoms. The van der Waals surface area contributed by atoms with Gasteiger partial charge in [0, 0.05) is 18.1 Å². The number of carbonyl (C=O) groups is 2. The zero-order valence-electron chi connectivity index (χ0n) is 18.7. The van der Waals surface area contributed by atoms with Crippen molar-refractivity contribution in [3.8, 4) is 11.5 Å². The van der Waals surface area contributed by atoms with Crippen LogP contribution in [0.4, 0.5) is 10.5 Å². The summed E-state index contributed by atoms with van der Waals surface area (Å²) < 4.78 is 16.5. The van der Waals surface area contributed by atoms with Gasteiger partial charge < -0.3 is 19.3 Å². The molecule has 34 heavy (non-hydrogen) atoms. The Labute approximate surface area is 196 Å². The first-order valence-corrected chi connectivity index (χ1v) is 10.5. The van der Waals surface area contributed by atoms with Crippen molar-refractivity contribution in [2.24, 2.45) is 0 Å². The fraction of sp³-hybridized carbons (Fsp3) is 0.200. The summed E-state index contributed by atoms with van der Waals surface area (Å²) in [6, 6.07) is 17.6. The summed E-state index contributed by atoms with van der Waals surface area (Å²) in [6.07, 6.45) is -0.307. The largest absolute Gasteiger partial charge is 0.504 e. The summed E-state index contributed by atoms with van der Waals surface area (Å²) in [7, 11) is 1.42.